The molecule has 0 amide bonds. The van der Waals surface area contributed by atoms with Crippen molar-refractivity contribution in [2.45, 2.75) is 102 Å². The zero-order valence-electron chi connectivity index (χ0n) is 39.6. The Bertz CT molecular complexity index is 3620. The van der Waals surface area contributed by atoms with E-state index < -0.39 is 0 Å². The molecular weight excluding hydrogens is 829 g/mol. The van der Waals surface area contributed by atoms with E-state index >= 15 is 0 Å². The molecule has 334 valence electrons. The van der Waals surface area contributed by atoms with Crippen LogP contribution in [0, 0.1) is 0 Å². The molecule has 0 N–H and O–H groups in total. The molecule has 8 aliphatic rings. The Labute approximate surface area is 399 Å². The lowest BCUT2D eigenvalue weighted by Crippen LogP contribution is -2.32. The average molecular weight is 885 g/mol. The standard InChI is InChI=1S/C64H56N2O2/c1-63(2)53-21-13-11-19-45(53)47-27-23-41(35-55(47)63)65(39-15-7-5-8-16-39)43-25-29-51-59(37-43)67-57-33-31-50-49(61(51)57)32-34-58-62(50)52-30-26-44(38-60(52)68-58)66(40-17-9-6-10-18-40)42-24-28-48-46-20-12-14-22-54(46)64(3,4)56(48)36-42/h7,9,11-13,15-21,23-25,27-29,31,33-38,49H,5-6,8,10,14,22,26,30,32H2,1-4H3. The van der Waals surface area contributed by atoms with Crippen molar-refractivity contribution in [3.05, 3.63) is 212 Å². The second-order valence-corrected chi connectivity index (χ2v) is 21.1. The van der Waals surface area contributed by atoms with Crippen LogP contribution in [-0.2, 0) is 17.3 Å². The largest absolute Gasteiger partial charge is 0.457 e. The molecule has 6 aromatic rings. The van der Waals surface area contributed by atoms with Gasteiger partial charge in [0, 0.05) is 84.8 Å². The smallest absolute Gasteiger partial charge is 0.137 e. The lowest BCUT2D eigenvalue weighted by Gasteiger charge is -2.33. The van der Waals surface area contributed by atoms with Crippen molar-refractivity contribution in [1.29, 1.82) is 0 Å². The van der Waals surface area contributed by atoms with E-state index in [2.05, 4.69) is 189 Å². The maximum Gasteiger partial charge on any atom is 0.137 e. The maximum absolute atomic E-state index is 6.91. The number of nitrogens with zero attached hydrogens (tertiary/aromatic N) is 2. The van der Waals surface area contributed by atoms with Gasteiger partial charge in [-0.3, -0.25) is 0 Å². The fourth-order valence-corrected chi connectivity index (χ4v) is 13.3. The van der Waals surface area contributed by atoms with E-state index in [0.29, 0.717) is 0 Å². The van der Waals surface area contributed by atoms with Crippen LogP contribution in [-0.4, -0.2) is 0 Å². The molecule has 1 unspecified atom stereocenters. The van der Waals surface area contributed by atoms with Gasteiger partial charge in [0.2, 0.25) is 0 Å². The third kappa shape index (κ3) is 5.79. The van der Waals surface area contributed by atoms with Gasteiger partial charge in [0.05, 0.1) is 0 Å². The van der Waals surface area contributed by atoms with Gasteiger partial charge >= 0.3 is 0 Å². The van der Waals surface area contributed by atoms with Crippen LogP contribution in [0.5, 0.6) is 0 Å². The van der Waals surface area contributed by atoms with Crippen molar-refractivity contribution in [1.82, 2.24) is 0 Å². The summed E-state index contributed by atoms with van der Waals surface area (Å²) in [7, 11) is 0. The molecule has 8 aliphatic carbocycles. The first-order chi connectivity index (χ1) is 33.2. The SMILES string of the molecule is CC1(C)C2=C(C=CCC2)c2ccc(N(C3=CCCC=C3)C3=Cc4oc5c(c4CC3)=C3C=Cc4oc6cc(N(C7=CCCC=C7)c7ccc8c(c7)C(C)(C)c7ccccc7-8)ccc6c4C3CC=5)cc21. The van der Waals surface area contributed by atoms with Gasteiger partial charge in [0.15, 0.2) is 0 Å². The number of rotatable bonds is 6. The van der Waals surface area contributed by atoms with Crippen molar-refractivity contribution in [2.75, 3.05) is 9.80 Å². The van der Waals surface area contributed by atoms with Gasteiger partial charge in [0.25, 0.3) is 0 Å². The minimum Gasteiger partial charge on any atom is -0.457 e. The molecule has 0 aliphatic heterocycles. The Balaban J connectivity index is 0.828. The van der Waals surface area contributed by atoms with Crippen molar-refractivity contribution >= 4 is 57.4 Å². The van der Waals surface area contributed by atoms with Crippen molar-refractivity contribution < 1.29 is 8.83 Å². The van der Waals surface area contributed by atoms with Crippen molar-refractivity contribution in [3.63, 3.8) is 0 Å². The summed E-state index contributed by atoms with van der Waals surface area (Å²) < 4.78 is 13.8. The number of anilines is 3. The number of allylic oxidation sites excluding steroid dienone is 12. The molecule has 4 aromatic carbocycles. The van der Waals surface area contributed by atoms with Gasteiger partial charge in [-0.05, 0) is 163 Å². The van der Waals surface area contributed by atoms with Crippen molar-refractivity contribution in [2.24, 2.45) is 0 Å². The van der Waals surface area contributed by atoms with Crippen molar-refractivity contribution in [3.8, 4) is 11.1 Å². The Morgan fingerprint density at radius 2 is 1.26 bits per heavy atom. The Morgan fingerprint density at radius 3 is 2.07 bits per heavy atom. The molecule has 0 spiro atoms. The normalized spacial score (nSPS) is 20.6. The third-order valence-electron chi connectivity index (χ3n) is 16.7. The maximum atomic E-state index is 6.91. The fraction of sp³-hybridized carbons (Fsp3) is 0.250. The Kier molecular flexibility index (Phi) is 8.68. The lowest BCUT2D eigenvalue weighted by atomic mass is 9.78. The predicted molar refractivity (Wildman–Crippen MR) is 281 cm³/mol. The minimum atomic E-state index is -0.0842. The number of furan rings is 2. The highest BCUT2D eigenvalue weighted by Gasteiger charge is 2.39. The zero-order chi connectivity index (χ0) is 45.5. The number of hydrogen-bond donors (Lipinski definition) is 0. The molecule has 2 heterocycles. The van der Waals surface area contributed by atoms with E-state index in [-0.39, 0.29) is 16.7 Å². The Morgan fingerprint density at radius 1 is 0.559 bits per heavy atom. The van der Waals surface area contributed by atoms with Crippen LogP contribution in [0.15, 0.2) is 165 Å². The number of benzene rings is 4. The van der Waals surface area contributed by atoms with Gasteiger partial charge in [-0.25, -0.2) is 0 Å². The predicted octanol–water partition coefficient (Wildman–Crippen LogP) is 15.3. The molecule has 0 fully saturated rings. The van der Waals surface area contributed by atoms with Gasteiger partial charge in [-0.1, -0.05) is 112 Å². The second kappa shape index (κ2) is 14.7. The first kappa shape index (κ1) is 40.1. The number of hydrogen-bond acceptors (Lipinski definition) is 4. The molecule has 1 atom stereocenters. The molecule has 4 heteroatoms. The van der Waals surface area contributed by atoms with Crippen LogP contribution in [0.3, 0.4) is 0 Å². The highest BCUT2D eigenvalue weighted by atomic mass is 16.3. The summed E-state index contributed by atoms with van der Waals surface area (Å²) in [6.07, 6.45) is 37.2. The monoisotopic (exact) mass is 884 g/mol. The molecule has 4 nitrogen and oxygen atoms in total. The molecule has 68 heavy (non-hydrogen) atoms. The Hall–Kier alpha value is -7.04. The van der Waals surface area contributed by atoms with Crippen LogP contribution in [0.25, 0.3) is 51.5 Å². The van der Waals surface area contributed by atoms with Crippen LogP contribution >= 0.6 is 0 Å². The van der Waals surface area contributed by atoms with E-state index in [1.165, 1.54) is 94.7 Å². The summed E-state index contributed by atoms with van der Waals surface area (Å²) in [6.45, 7) is 9.57. The van der Waals surface area contributed by atoms with Crippen LogP contribution in [0.2, 0.25) is 0 Å². The van der Waals surface area contributed by atoms with E-state index in [1.807, 2.05) is 0 Å². The van der Waals surface area contributed by atoms with E-state index in [9.17, 15) is 0 Å². The molecule has 0 radical (unpaired) electrons. The zero-order valence-corrected chi connectivity index (χ0v) is 39.6. The summed E-state index contributed by atoms with van der Waals surface area (Å²) in [5.41, 5.74) is 24.4. The summed E-state index contributed by atoms with van der Waals surface area (Å²) in [4.78, 5) is 4.95. The molecule has 14 rings (SSSR count). The summed E-state index contributed by atoms with van der Waals surface area (Å²) >= 11 is 0. The number of fused-ring (bicyclic) bond motifs is 13. The molecule has 0 saturated carbocycles. The lowest BCUT2D eigenvalue weighted by molar-refractivity contribution is 0.512. The first-order valence-electron chi connectivity index (χ1n) is 25.2. The highest BCUT2D eigenvalue weighted by Crippen LogP contribution is 2.53. The topological polar surface area (TPSA) is 32.8 Å². The first-order valence-corrected chi connectivity index (χ1v) is 25.2. The van der Waals surface area contributed by atoms with E-state index in [4.69, 9.17) is 8.83 Å². The van der Waals surface area contributed by atoms with Gasteiger partial charge < -0.3 is 18.6 Å². The van der Waals surface area contributed by atoms with Crippen LogP contribution < -0.4 is 20.4 Å². The van der Waals surface area contributed by atoms with E-state index in [0.717, 1.165) is 86.0 Å². The van der Waals surface area contributed by atoms with Crippen LogP contribution in [0.4, 0.5) is 17.1 Å². The molecule has 0 saturated heterocycles. The van der Waals surface area contributed by atoms with Crippen LogP contribution in [0.1, 0.15) is 130 Å². The minimum absolute atomic E-state index is 0.0144. The summed E-state index contributed by atoms with van der Waals surface area (Å²) in [5, 5.41) is 2.48. The average Bonchev–Trinajstić information content (AvgIpc) is 4.07. The molecule has 2 aromatic heterocycles. The van der Waals surface area contributed by atoms with Gasteiger partial charge in [-0.2, -0.15) is 0 Å². The van der Waals surface area contributed by atoms with E-state index in [1.54, 1.807) is 5.57 Å². The third-order valence-corrected chi connectivity index (χ3v) is 16.7. The highest BCUT2D eigenvalue weighted by molar-refractivity contribution is 5.95. The summed E-state index contributed by atoms with van der Waals surface area (Å²) in [5.74, 6) is 2.16. The summed E-state index contributed by atoms with van der Waals surface area (Å²) in [6, 6.07) is 30.1. The molecular formula is C64H56N2O2. The van der Waals surface area contributed by atoms with Gasteiger partial charge in [0.1, 0.15) is 22.5 Å². The van der Waals surface area contributed by atoms with Gasteiger partial charge in [-0.15, -0.1) is 0 Å². The second-order valence-electron chi connectivity index (χ2n) is 21.1. The molecule has 0 bridgehead atoms. The quantitative estimate of drug-likeness (QED) is 0.167. The fourth-order valence-electron chi connectivity index (χ4n) is 13.3.